The molecule has 1 amide bonds. The minimum Gasteiger partial charge on any atom is -0.383 e. The smallest absolute Gasteiger partial charge is 0.230 e. The Bertz CT molecular complexity index is 707. The van der Waals surface area contributed by atoms with Crippen LogP contribution in [-0.2, 0) is 16.0 Å². The van der Waals surface area contributed by atoms with E-state index in [-0.39, 0.29) is 11.9 Å². The minimum atomic E-state index is 0.0378. The maximum Gasteiger partial charge on any atom is 0.230 e. The molecule has 0 saturated heterocycles. The molecule has 1 atom stereocenters. The predicted octanol–water partition coefficient (Wildman–Crippen LogP) is 2.88. The van der Waals surface area contributed by atoms with Crippen LogP contribution in [0, 0.1) is 0 Å². The van der Waals surface area contributed by atoms with Gasteiger partial charge in [0.2, 0.25) is 11.0 Å². The molecule has 0 spiro atoms. The first-order valence-corrected chi connectivity index (χ1v) is 10.1. The van der Waals surface area contributed by atoms with Gasteiger partial charge in [0, 0.05) is 13.7 Å². The van der Waals surface area contributed by atoms with E-state index in [1.54, 1.807) is 7.11 Å². The Morgan fingerprint density at radius 2 is 2.28 bits per heavy atom. The molecule has 8 heteroatoms. The summed E-state index contributed by atoms with van der Waals surface area (Å²) in [5, 5.41) is 15.2. The molecule has 6 nitrogen and oxygen atoms in total. The quantitative estimate of drug-likeness (QED) is 0.543. The fraction of sp³-hybridized carbons (Fsp3) is 0.471. The number of thioether (sulfide) groups is 1. The number of aryl methyl sites for hydroxylation is 1. The molecule has 0 radical (unpaired) electrons. The van der Waals surface area contributed by atoms with E-state index in [2.05, 4.69) is 39.0 Å². The van der Waals surface area contributed by atoms with Crippen LogP contribution < -0.4 is 10.6 Å². The van der Waals surface area contributed by atoms with Gasteiger partial charge in [-0.3, -0.25) is 4.79 Å². The normalized spacial score (nSPS) is 16.3. The van der Waals surface area contributed by atoms with Crippen LogP contribution in [0.3, 0.4) is 0 Å². The second-order valence-corrected chi connectivity index (χ2v) is 7.99. The van der Waals surface area contributed by atoms with E-state index >= 15 is 0 Å². The Morgan fingerprint density at radius 1 is 1.40 bits per heavy atom. The number of anilines is 1. The number of rotatable bonds is 8. The Hall–Kier alpha value is -1.64. The lowest BCUT2D eigenvalue weighted by molar-refractivity contribution is -0.119. The third kappa shape index (κ3) is 5.17. The molecule has 2 aromatic rings. The van der Waals surface area contributed by atoms with Gasteiger partial charge in [-0.15, -0.1) is 10.2 Å². The van der Waals surface area contributed by atoms with Gasteiger partial charge in [-0.05, 0) is 30.4 Å². The van der Waals surface area contributed by atoms with Crippen molar-refractivity contribution in [2.24, 2.45) is 0 Å². The van der Waals surface area contributed by atoms with Gasteiger partial charge in [-0.25, -0.2) is 0 Å². The average Bonchev–Trinajstić information content (AvgIpc) is 3.08. The lowest BCUT2D eigenvalue weighted by Crippen LogP contribution is -2.32. The van der Waals surface area contributed by atoms with Crippen LogP contribution in [0.4, 0.5) is 5.13 Å². The van der Waals surface area contributed by atoms with E-state index in [1.807, 2.05) is 6.07 Å². The topological polar surface area (TPSA) is 76.1 Å². The van der Waals surface area contributed by atoms with E-state index in [0.29, 0.717) is 18.9 Å². The first kappa shape index (κ1) is 18.2. The zero-order chi connectivity index (χ0) is 17.5. The highest BCUT2D eigenvalue weighted by Gasteiger charge is 2.21. The molecule has 1 heterocycles. The first-order chi connectivity index (χ1) is 12.3. The van der Waals surface area contributed by atoms with E-state index < -0.39 is 0 Å². The number of nitrogens with one attached hydrogen (secondary N) is 2. The Morgan fingerprint density at radius 3 is 3.16 bits per heavy atom. The zero-order valence-electron chi connectivity index (χ0n) is 14.2. The molecule has 3 rings (SSSR count). The number of hydrogen-bond donors (Lipinski definition) is 2. The van der Waals surface area contributed by atoms with Gasteiger partial charge in [0.1, 0.15) is 0 Å². The van der Waals surface area contributed by atoms with Crippen molar-refractivity contribution in [3.8, 4) is 0 Å². The SMILES string of the molecule is COCCNc1nnc(SCC(=O)NC2CCCc3ccccc32)s1. The van der Waals surface area contributed by atoms with Gasteiger partial charge in [0.05, 0.1) is 18.4 Å². The van der Waals surface area contributed by atoms with Crippen LogP contribution in [0.5, 0.6) is 0 Å². The van der Waals surface area contributed by atoms with Crippen molar-refractivity contribution in [1.29, 1.82) is 0 Å². The number of nitrogens with zero attached hydrogens (tertiary/aromatic N) is 2. The minimum absolute atomic E-state index is 0.0378. The van der Waals surface area contributed by atoms with Crippen molar-refractivity contribution in [1.82, 2.24) is 15.5 Å². The molecule has 1 unspecified atom stereocenters. The highest BCUT2D eigenvalue weighted by atomic mass is 32.2. The summed E-state index contributed by atoms with van der Waals surface area (Å²) in [5.74, 6) is 0.390. The van der Waals surface area contributed by atoms with Gasteiger partial charge in [0.15, 0.2) is 4.34 Å². The maximum absolute atomic E-state index is 12.3. The average molecular weight is 379 g/mol. The van der Waals surface area contributed by atoms with E-state index in [0.717, 1.165) is 28.7 Å². The number of carbonyl (C=O) groups is 1. The monoisotopic (exact) mass is 378 g/mol. The van der Waals surface area contributed by atoms with Crippen LogP contribution in [0.1, 0.15) is 30.0 Å². The second-order valence-electron chi connectivity index (χ2n) is 5.79. The van der Waals surface area contributed by atoms with Crippen molar-refractivity contribution in [3.63, 3.8) is 0 Å². The summed E-state index contributed by atoms with van der Waals surface area (Å²) < 4.78 is 5.77. The number of ether oxygens (including phenoxy) is 1. The third-order valence-corrected chi connectivity index (χ3v) is 6.03. The van der Waals surface area contributed by atoms with E-state index in [1.165, 1.54) is 34.2 Å². The summed E-state index contributed by atoms with van der Waals surface area (Å²) in [7, 11) is 1.66. The van der Waals surface area contributed by atoms with Crippen LogP contribution in [-0.4, -0.2) is 42.1 Å². The molecule has 134 valence electrons. The van der Waals surface area contributed by atoms with Crippen LogP contribution in [0.15, 0.2) is 28.6 Å². The molecule has 25 heavy (non-hydrogen) atoms. The lowest BCUT2D eigenvalue weighted by Gasteiger charge is -2.26. The molecular weight excluding hydrogens is 356 g/mol. The van der Waals surface area contributed by atoms with Crippen LogP contribution in [0.25, 0.3) is 0 Å². The molecule has 0 saturated carbocycles. The summed E-state index contributed by atoms with van der Waals surface area (Å²) in [6.07, 6.45) is 3.21. The number of hydrogen-bond acceptors (Lipinski definition) is 7. The molecule has 1 aliphatic carbocycles. The standard InChI is InChI=1S/C17H22N4O2S2/c1-23-10-9-18-16-20-21-17(25-16)24-11-15(22)19-14-8-4-6-12-5-2-3-7-13(12)14/h2-3,5,7,14H,4,6,8-11H2,1H3,(H,18,20)(H,19,22). The number of aromatic nitrogens is 2. The van der Waals surface area contributed by atoms with Gasteiger partial charge < -0.3 is 15.4 Å². The summed E-state index contributed by atoms with van der Waals surface area (Å²) >= 11 is 2.87. The second kappa shape index (κ2) is 9.17. The summed E-state index contributed by atoms with van der Waals surface area (Å²) in [6, 6.07) is 8.50. The Balaban J connectivity index is 1.47. The maximum atomic E-state index is 12.3. The van der Waals surface area contributed by atoms with E-state index in [4.69, 9.17) is 4.74 Å². The summed E-state index contributed by atoms with van der Waals surface area (Å²) in [5.41, 5.74) is 2.61. The summed E-state index contributed by atoms with van der Waals surface area (Å²) in [6.45, 7) is 1.31. The molecule has 1 aromatic carbocycles. The van der Waals surface area contributed by atoms with Crippen molar-refractivity contribution in [2.75, 3.05) is 31.3 Å². The highest BCUT2D eigenvalue weighted by molar-refractivity contribution is 8.01. The van der Waals surface area contributed by atoms with Gasteiger partial charge in [-0.2, -0.15) is 0 Å². The van der Waals surface area contributed by atoms with Crippen molar-refractivity contribution in [3.05, 3.63) is 35.4 Å². The first-order valence-electron chi connectivity index (χ1n) is 8.32. The molecule has 2 N–H and O–H groups in total. The molecule has 1 aliphatic rings. The number of fused-ring (bicyclic) bond motifs is 1. The number of amides is 1. The predicted molar refractivity (Wildman–Crippen MR) is 101 cm³/mol. The Labute approximate surface area is 155 Å². The fourth-order valence-corrected chi connectivity index (χ4v) is 4.46. The zero-order valence-corrected chi connectivity index (χ0v) is 15.8. The molecular formula is C17H22N4O2S2. The fourth-order valence-electron chi connectivity index (χ4n) is 2.87. The lowest BCUT2D eigenvalue weighted by atomic mass is 9.88. The molecule has 0 aliphatic heterocycles. The Kier molecular flexibility index (Phi) is 6.66. The van der Waals surface area contributed by atoms with Crippen LogP contribution in [0.2, 0.25) is 0 Å². The number of methoxy groups -OCH3 is 1. The van der Waals surface area contributed by atoms with Crippen molar-refractivity contribution >= 4 is 34.1 Å². The number of carbonyl (C=O) groups excluding carboxylic acids is 1. The van der Waals surface area contributed by atoms with E-state index in [9.17, 15) is 4.79 Å². The van der Waals surface area contributed by atoms with Gasteiger partial charge in [0.25, 0.3) is 0 Å². The third-order valence-electron chi connectivity index (χ3n) is 4.02. The number of benzene rings is 1. The molecule has 0 fully saturated rings. The summed E-state index contributed by atoms with van der Waals surface area (Å²) in [4.78, 5) is 12.3. The molecule has 1 aromatic heterocycles. The largest absolute Gasteiger partial charge is 0.383 e. The van der Waals surface area contributed by atoms with Gasteiger partial charge in [-0.1, -0.05) is 47.4 Å². The highest BCUT2D eigenvalue weighted by Crippen LogP contribution is 2.30. The molecule has 0 bridgehead atoms. The van der Waals surface area contributed by atoms with Crippen molar-refractivity contribution in [2.45, 2.75) is 29.6 Å². The van der Waals surface area contributed by atoms with Gasteiger partial charge >= 0.3 is 0 Å². The van der Waals surface area contributed by atoms with Crippen LogP contribution >= 0.6 is 23.1 Å². The van der Waals surface area contributed by atoms with Crippen molar-refractivity contribution < 1.29 is 9.53 Å².